The lowest BCUT2D eigenvalue weighted by Crippen LogP contribution is -2.31. The maximum absolute atomic E-state index is 11.9. The van der Waals surface area contributed by atoms with E-state index in [1.807, 2.05) is 30.3 Å². The van der Waals surface area contributed by atoms with Gasteiger partial charge in [-0.2, -0.15) is 0 Å². The summed E-state index contributed by atoms with van der Waals surface area (Å²) in [7, 11) is 0. The molecule has 132 valence electrons. The molecule has 1 aliphatic carbocycles. The van der Waals surface area contributed by atoms with Crippen LogP contribution in [0.1, 0.15) is 22.4 Å². The quantitative estimate of drug-likeness (QED) is 0.562. The second kappa shape index (κ2) is 6.22. The summed E-state index contributed by atoms with van der Waals surface area (Å²) in [5, 5.41) is 13.1. The number of para-hydroxylation sites is 1. The van der Waals surface area contributed by atoms with Gasteiger partial charge in [0, 0.05) is 30.0 Å². The van der Waals surface area contributed by atoms with Crippen molar-refractivity contribution >= 4 is 17.0 Å². The molecule has 1 atom stereocenters. The van der Waals surface area contributed by atoms with Crippen molar-refractivity contribution in [2.45, 2.75) is 18.4 Å². The number of fused-ring (bicyclic) bond motifs is 2. The number of benzene rings is 2. The van der Waals surface area contributed by atoms with Crippen LogP contribution in [0.25, 0.3) is 17.0 Å². The first kappa shape index (κ1) is 16.0. The average Bonchev–Trinajstić information content (AvgIpc) is 3.32. The molecule has 0 amide bonds. The van der Waals surface area contributed by atoms with Crippen molar-refractivity contribution in [3.8, 4) is 0 Å². The number of nitrogens with one attached hydrogen (secondary N) is 1. The van der Waals surface area contributed by atoms with Crippen LogP contribution in [0.2, 0.25) is 0 Å². The summed E-state index contributed by atoms with van der Waals surface area (Å²) >= 11 is 0. The van der Waals surface area contributed by atoms with Crippen LogP contribution in [0.15, 0.2) is 84.7 Å². The molecule has 2 N–H and O–H groups in total. The zero-order valence-electron chi connectivity index (χ0n) is 14.9. The molecule has 0 bridgehead atoms. The average molecular weight is 352 g/mol. The highest BCUT2D eigenvalue weighted by molar-refractivity contribution is 5.80. The van der Waals surface area contributed by atoms with Gasteiger partial charge in [0.15, 0.2) is 0 Å². The molecule has 3 heteroatoms. The Bertz CT molecular complexity index is 1110. The van der Waals surface area contributed by atoms with Crippen molar-refractivity contribution in [1.82, 2.24) is 9.97 Å². The SMILES string of the molecule is OC(Cc1cc2ccccc2[nH]1)(C1=Cc2ccccc2C1)c1ccncc1. The molecule has 2 heterocycles. The molecule has 0 spiro atoms. The van der Waals surface area contributed by atoms with Gasteiger partial charge in [-0.3, -0.25) is 4.98 Å². The Morgan fingerprint density at radius 2 is 1.74 bits per heavy atom. The molecule has 0 fully saturated rings. The number of hydrogen-bond donors (Lipinski definition) is 2. The topological polar surface area (TPSA) is 48.9 Å². The van der Waals surface area contributed by atoms with E-state index in [0.717, 1.165) is 34.2 Å². The van der Waals surface area contributed by atoms with Gasteiger partial charge in [0.1, 0.15) is 5.60 Å². The lowest BCUT2D eigenvalue weighted by molar-refractivity contribution is 0.0748. The Labute approximate surface area is 158 Å². The maximum Gasteiger partial charge on any atom is 0.117 e. The minimum Gasteiger partial charge on any atom is -0.380 e. The smallest absolute Gasteiger partial charge is 0.117 e. The molecular formula is C24H20N2O. The number of rotatable bonds is 4. The Balaban J connectivity index is 1.59. The Kier molecular flexibility index (Phi) is 3.69. The molecule has 0 saturated heterocycles. The van der Waals surface area contributed by atoms with E-state index in [4.69, 9.17) is 0 Å². The summed E-state index contributed by atoms with van der Waals surface area (Å²) in [5.41, 5.74) is 5.38. The van der Waals surface area contributed by atoms with E-state index in [2.05, 4.69) is 52.4 Å². The van der Waals surface area contributed by atoms with E-state index in [0.29, 0.717) is 6.42 Å². The fraction of sp³-hybridized carbons (Fsp3) is 0.125. The zero-order valence-corrected chi connectivity index (χ0v) is 14.9. The van der Waals surface area contributed by atoms with Crippen LogP contribution in [0.4, 0.5) is 0 Å². The minimum atomic E-state index is -1.08. The highest BCUT2D eigenvalue weighted by Gasteiger charge is 2.36. The predicted molar refractivity (Wildman–Crippen MR) is 108 cm³/mol. The van der Waals surface area contributed by atoms with Gasteiger partial charge >= 0.3 is 0 Å². The summed E-state index contributed by atoms with van der Waals surface area (Å²) in [6, 6.07) is 22.5. The van der Waals surface area contributed by atoms with Crippen LogP contribution in [0.5, 0.6) is 0 Å². The fourth-order valence-corrected chi connectivity index (χ4v) is 4.08. The number of aliphatic hydroxyl groups is 1. The number of aromatic nitrogens is 2. The second-order valence-electron chi connectivity index (χ2n) is 7.20. The van der Waals surface area contributed by atoms with Crippen LogP contribution >= 0.6 is 0 Å². The summed E-state index contributed by atoms with van der Waals surface area (Å²) in [6.07, 6.45) is 6.88. The first-order valence-electron chi connectivity index (χ1n) is 9.21. The number of aromatic amines is 1. The third kappa shape index (κ3) is 2.77. The molecule has 0 aliphatic heterocycles. The molecule has 0 radical (unpaired) electrons. The summed E-state index contributed by atoms with van der Waals surface area (Å²) in [5.74, 6) is 0. The summed E-state index contributed by atoms with van der Waals surface area (Å²) in [6.45, 7) is 0. The number of nitrogens with zero attached hydrogens (tertiary/aromatic N) is 1. The third-order valence-corrected chi connectivity index (χ3v) is 5.49. The molecule has 1 unspecified atom stereocenters. The van der Waals surface area contributed by atoms with Crippen molar-refractivity contribution in [1.29, 1.82) is 0 Å². The van der Waals surface area contributed by atoms with E-state index >= 15 is 0 Å². The van der Waals surface area contributed by atoms with Gasteiger partial charge in [-0.05, 0) is 58.3 Å². The summed E-state index contributed by atoms with van der Waals surface area (Å²) < 4.78 is 0. The van der Waals surface area contributed by atoms with E-state index in [-0.39, 0.29) is 0 Å². The van der Waals surface area contributed by atoms with Crippen LogP contribution in [-0.4, -0.2) is 15.1 Å². The van der Waals surface area contributed by atoms with Crippen LogP contribution in [0.3, 0.4) is 0 Å². The molecule has 5 rings (SSSR count). The highest BCUT2D eigenvalue weighted by Crippen LogP contribution is 2.40. The van der Waals surface area contributed by atoms with Gasteiger partial charge in [-0.25, -0.2) is 0 Å². The van der Waals surface area contributed by atoms with Crippen molar-refractivity contribution in [2.75, 3.05) is 0 Å². The molecular weight excluding hydrogens is 332 g/mol. The van der Waals surface area contributed by atoms with Crippen LogP contribution in [-0.2, 0) is 18.4 Å². The number of pyridine rings is 1. The fourth-order valence-electron chi connectivity index (χ4n) is 4.08. The van der Waals surface area contributed by atoms with E-state index in [9.17, 15) is 5.11 Å². The predicted octanol–water partition coefficient (Wildman–Crippen LogP) is 4.63. The first-order chi connectivity index (χ1) is 13.2. The van der Waals surface area contributed by atoms with Crippen molar-refractivity contribution in [2.24, 2.45) is 0 Å². The van der Waals surface area contributed by atoms with Gasteiger partial charge < -0.3 is 10.1 Å². The zero-order chi connectivity index (χ0) is 18.3. The van der Waals surface area contributed by atoms with Crippen molar-refractivity contribution in [3.05, 3.63) is 107 Å². The van der Waals surface area contributed by atoms with Gasteiger partial charge in [-0.1, -0.05) is 48.5 Å². The third-order valence-electron chi connectivity index (χ3n) is 5.49. The minimum absolute atomic E-state index is 0.492. The first-order valence-corrected chi connectivity index (χ1v) is 9.21. The van der Waals surface area contributed by atoms with Gasteiger partial charge in [-0.15, -0.1) is 0 Å². The van der Waals surface area contributed by atoms with E-state index in [1.165, 1.54) is 11.1 Å². The van der Waals surface area contributed by atoms with Gasteiger partial charge in [0.2, 0.25) is 0 Å². The monoisotopic (exact) mass is 352 g/mol. The molecule has 2 aromatic carbocycles. The van der Waals surface area contributed by atoms with Gasteiger partial charge in [0.25, 0.3) is 0 Å². The molecule has 4 aromatic rings. The standard InChI is InChI=1S/C24H20N2O/c27-24(20-9-11-25-12-10-20,21-13-17-5-1-2-6-18(17)14-21)16-22-15-19-7-3-4-8-23(19)26-22/h1-13,15,26-27H,14,16H2. The van der Waals surface area contributed by atoms with Crippen molar-refractivity contribution < 1.29 is 5.11 Å². The Morgan fingerprint density at radius 1 is 0.963 bits per heavy atom. The van der Waals surface area contributed by atoms with E-state index < -0.39 is 5.60 Å². The molecule has 27 heavy (non-hydrogen) atoms. The highest BCUT2D eigenvalue weighted by atomic mass is 16.3. The summed E-state index contributed by atoms with van der Waals surface area (Å²) in [4.78, 5) is 7.59. The molecule has 1 aliphatic rings. The molecule has 2 aromatic heterocycles. The molecule has 0 saturated carbocycles. The maximum atomic E-state index is 11.9. The molecule has 3 nitrogen and oxygen atoms in total. The van der Waals surface area contributed by atoms with Crippen molar-refractivity contribution in [3.63, 3.8) is 0 Å². The normalized spacial score (nSPS) is 15.4. The number of H-pyrrole nitrogens is 1. The van der Waals surface area contributed by atoms with E-state index in [1.54, 1.807) is 12.4 Å². The largest absolute Gasteiger partial charge is 0.380 e. The Morgan fingerprint density at radius 3 is 2.56 bits per heavy atom. The second-order valence-corrected chi connectivity index (χ2v) is 7.20. The Hall–Kier alpha value is -3.17. The van der Waals surface area contributed by atoms with Crippen LogP contribution in [0, 0.1) is 0 Å². The number of hydrogen-bond acceptors (Lipinski definition) is 2. The lowest BCUT2D eigenvalue weighted by Gasteiger charge is -2.30. The lowest BCUT2D eigenvalue weighted by atomic mass is 9.81. The van der Waals surface area contributed by atoms with Crippen LogP contribution < -0.4 is 0 Å². The van der Waals surface area contributed by atoms with Gasteiger partial charge in [0.05, 0.1) is 0 Å².